The maximum Gasteiger partial charge on any atom is 0.254 e. The Hall–Kier alpha value is -2.13. The first kappa shape index (κ1) is 19.2. The van der Waals surface area contributed by atoms with Crippen LogP contribution in [0.3, 0.4) is 0 Å². The Labute approximate surface area is 168 Å². The van der Waals surface area contributed by atoms with Crippen molar-refractivity contribution in [3.05, 3.63) is 72.2 Å². The topological polar surface area (TPSA) is 53.5 Å². The van der Waals surface area contributed by atoms with E-state index in [0.717, 1.165) is 17.9 Å². The molecule has 0 aliphatic carbocycles. The fourth-order valence-corrected chi connectivity index (χ4v) is 5.92. The van der Waals surface area contributed by atoms with Gasteiger partial charge in [0.25, 0.3) is 10.0 Å². The largest absolute Gasteiger partial charge is 0.296 e. The van der Waals surface area contributed by atoms with E-state index in [0.29, 0.717) is 36.8 Å². The lowest BCUT2D eigenvalue weighted by atomic mass is 10.2. The molecule has 0 unspecified atom stereocenters. The Bertz CT molecular complexity index is 1030. The minimum Gasteiger partial charge on any atom is -0.296 e. The number of halogens is 1. The van der Waals surface area contributed by atoms with E-state index in [1.54, 1.807) is 12.1 Å². The van der Waals surface area contributed by atoms with E-state index in [2.05, 4.69) is 22.0 Å². The predicted molar refractivity (Wildman–Crippen MR) is 108 cm³/mol. The zero-order valence-corrected chi connectivity index (χ0v) is 16.8. The molecule has 1 aliphatic rings. The molecule has 0 N–H and O–H groups in total. The first-order valence-corrected chi connectivity index (χ1v) is 11.3. The number of rotatable bonds is 5. The highest BCUT2D eigenvalue weighted by atomic mass is 32.2. The molecule has 0 radical (unpaired) electrons. The molecule has 0 saturated carbocycles. The lowest BCUT2D eigenvalue weighted by Gasteiger charge is -2.33. The van der Waals surface area contributed by atoms with Crippen molar-refractivity contribution < 1.29 is 12.8 Å². The van der Waals surface area contributed by atoms with E-state index in [-0.39, 0.29) is 10.0 Å². The Balaban J connectivity index is 1.42. The number of aromatic nitrogens is 1. The summed E-state index contributed by atoms with van der Waals surface area (Å²) >= 11 is 1.12. The van der Waals surface area contributed by atoms with Crippen LogP contribution in [-0.2, 0) is 16.6 Å². The molecule has 0 bridgehead atoms. The van der Waals surface area contributed by atoms with Crippen molar-refractivity contribution in [1.82, 2.24) is 14.2 Å². The average molecular weight is 418 g/mol. The van der Waals surface area contributed by atoms with Gasteiger partial charge in [0.2, 0.25) is 0 Å². The second kappa shape index (κ2) is 8.08. The van der Waals surface area contributed by atoms with Crippen LogP contribution >= 0.6 is 11.3 Å². The van der Waals surface area contributed by atoms with Crippen molar-refractivity contribution in [3.8, 4) is 10.6 Å². The van der Waals surface area contributed by atoms with Gasteiger partial charge in [-0.15, -0.1) is 11.3 Å². The van der Waals surface area contributed by atoms with Gasteiger partial charge in [-0.1, -0.05) is 30.3 Å². The summed E-state index contributed by atoms with van der Waals surface area (Å²) in [5.41, 5.74) is 1.94. The number of hydrogen-bond donors (Lipinski definition) is 0. The molecular formula is C20H20FN3O2S2. The third-order valence-corrected chi connectivity index (χ3v) is 8.13. The van der Waals surface area contributed by atoms with E-state index in [4.69, 9.17) is 0 Å². The molecule has 0 atom stereocenters. The molecule has 4 rings (SSSR count). The molecule has 1 aliphatic heterocycles. The zero-order chi connectivity index (χ0) is 19.6. The van der Waals surface area contributed by atoms with Crippen LogP contribution < -0.4 is 0 Å². The van der Waals surface area contributed by atoms with Crippen molar-refractivity contribution >= 4 is 21.4 Å². The first-order valence-electron chi connectivity index (χ1n) is 9.00. The van der Waals surface area contributed by atoms with Gasteiger partial charge in [-0.2, -0.15) is 4.31 Å². The molecule has 146 valence electrons. The highest BCUT2D eigenvalue weighted by Crippen LogP contribution is 2.30. The molecule has 28 heavy (non-hydrogen) atoms. The van der Waals surface area contributed by atoms with Crippen molar-refractivity contribution in [2.75, 3.05) is 26.2 Å². The zero-order valence-electron chi connectivity index (χ0n) is 15.2. The molecule has 0 spiro atoms. The number of benzene rings is 2. The second-order valence-electron chi connectivity index (χ2n) is 6.66. The standard InChI is InChI=1S/C20H20FN3O2S2/c21-18-8-6-17(7-9-18)20-22-14-19(27-20)28(25,26)24-12-10-23(11-13-24)15-16-4-2-1-3-5-16/h1-9,14H,10-13,15H2. The molecule has 1 fully saturated rings. The van der Waals surface area contributed by atoms with E-state index in [1.165, 1.54) is 28.2 Å². The van der Waals surface area contributed by atoms with Gasteiger partial charge >= 0.3 is 0 Å². The number of thiazole rings is 1. The van der Waals surface area contributed by atoms with Crippen LogP contribution in [0.15, 0.2) is 65.0 Å². The molecular weight excluding hydrogens is 397 g/mol. The summed E-state index contributed by atoms with van der Waals surface area (Å²) in [5, 5.41) is 0.571. The average Bonchev–Trinajstić information content (AvgIpc) is 3.21. The van der Waals surface area contributed by atoms with Gasteiger partial charge in [0.15, 0.2) is 4.21 Å². The minimum absolute atomic E-state index is 0.225. The first-order chi connectivity index (χ1) is 13.5. The smallest absolute Gasteiger partial charge is 0.254 e. The molecule has 0 amide bonds. The molecule has 5 nitrogen and oxygen atoms in total. The van der Waals surface area contributed by atoms with E-state index >= 15 is 0 Å². The number of nitrogens with zero attached hydrogens (tertiary/aromatic N) is 3. The lowest BCUT2D eigenvalue weighted by Crippen LogP contribution is -2.48. The van der Waals surface area contributed by atoms with Gasteiger partial charge < -0.3 is 0 Å². The summed E-state index contributed by atoms with van der Waals surface area (Å²) in [5.74, 6) is -0.332. The third kappa shape index (κ3) is 4.15. The van der Waals surface area contributed by atoms with Crippen LogP contribution in [0.2, 0.25) is 0 Å². The second-order valence-corrected chi connectivity index (χ2v) is 9.85. The molecule has 8 heteroatoms. The van der Waals surface area contributed by atoms with Gasteiger partial charge in [-0.3, -0.25) is 4.90 Å². The number of hydrogen-bond acceptors (Lipinski definition) is 5. The van der Waals surface area contributed by atoms with Crippen LogP contribution in [0.25, 0.3) is 10.6 Å². The van der Waals surface area contributed by atoms with E-state index in [9.17, 15) is 12.8 Å². The van der Waals surface area contributed by atoms with Gasteiger partial charge in [0, 0.05) is 38.3 Å². The van der Waals surface area contributed by atoms with E-state index in [1.807, 2.05) is 18.2 Å². The van der Waals surface area contributed by atoms with Gasteiger partial charge in [-0.25, -0.2) is 17.8 Å². The van der Waals surface area contributed by atoms with Crippen LogP contribution in [0.1, 0.15) is 5.56 Å². The highest BCUT2D eigenvalue weighted by Gasteiger charge is 2.30. The van der Waals surface area contributed by atoms with Gasteiger partial charge in [0.05, 0.1) is 6.20 Å². The summed E-state index contributed by atoms with van der Waals surface area (Å²) in [7, 11) is -3.57. The van der Waals surface area contributed by atoms with Crippen LogP contribution in [0.4, 0.5) is 4.39 Å². The van der Waals surface area contributed by atoms with Gasteiger partial charge in [-0.05, 0) is 29.8 Å². The molecule has 2 aromatic carbocycles. The normalized spacial score (nSPS) is 16.3. The maximum absolute atomic E-state index is 13.1. The summed E-state index contributed by atoms with van der Waals surface area (Å²) in [4.78, 5) is 6.49. The molecule has 1 aromatic heterocycles. The SMILES string of the molecule is O=S(=O)(c1cnc(-c2ccc(F)cc2)s1)N1CCN(Cc2ccccc2)CC1. The fourth-order valence-electron chi connectivity index (χ4n) is 3.20. The van der Waals surface area contributed by atoms with Crippen molar-refractivity contribution in [1.29, 1.82) is 0 Å². The van der Waals surface area contributed by atoms with Crippen LogP contribution in [0, 0.1) is 5.82 Å². The maximum atomic E-state index is 13.1. The molecule has 3 aromatic rings. The fraction of sp³-hybridized carbons (Fsp3) is 0.250. The predicted octanol–water partition coefficient (Wildman–Crippen LogP) is 3.46. The molecule has 1 saturated heterocycles. The minimum atomic E-state index is -3.57. The Morgan fingerprint density at radius 1 is 0.964 bits per heavy atom. The van der Waals surface area contributed by atoms with E-state index < -0.39 is 10.0 Å². The Morgan fingerprint density at radius 3 is 2.32 bits per heavy atom. The van der Waals surface area contributed by atoms with Gasteiger partial charge in [0.1, 0.15) is 10.8 Å². The van der Waals surface area contributed by atoms with Crippen molar-refractivity contribution in [2.24, 2.45) is 0 Å². The van der Waals surface area contributed by atoms with Crippen LogP contribution in [0.5, 0.6) is 0 Å². The van der Waals surface area contributed by atoms with Crippen molar-refractivity contribution in [3.63, 3.8) is 0 Å². The van der Waals surface area contributed by atoms with Crippen LogP contribution in [-0.4, -0.2) is 48.8 Å². The summed E-state index contributed by atoms with van der Waals surface area (Å²) in [6.07, 6.45) is 1.40. The monoisotopic (exact) mass is 417 g/mol. The highest BCUT2D eigenvalue weighted by molar-refractivity contribution is 7.91. The Kier molecular flexibility index (Phi) is 5.54. The Morgan fingerprint density at radius 2 is 1.64 bits per heavy atom. The summed E-state index contributed by atoms with van der Waals surface area (Å²) in [6, 6.07) is 16.1. The summed E-state index contributed by atoms with van der Waals surface area (Å²) in [6.45, 7) is 3.12. The number of piperazine rings is 1. The summed E-state index contributed by atoms with van der Waals surface area (Å²) < 4.78 is 40.8. The molecule has 2 heterocycles. The number of sulfonamides is 1. The quantitative estimate of drug-likeness (QED) is 0.638. The lowest BCUT2D eigenvalue weighted by molar-refractivity contribution is 0.182. The third-order valence-electron chi connectivity index (χ3n) is 4.75. The van der Waals surface area contributed by atoms with Crippen molar-refractivity contribution in [2.45, 2.75) is 10.8 Å².